The van der Waals surface area contributed by atoms with E-state index in [0.29, 0.717) is 34.5 Å². The van der Waals surface area contributed by atoms with Crippen molar-refractivity contribution in [2.75, 3.05) is 26.2 Å². The number of carbonyl (C=O) groups excluding carboxylic acids is 2. The van der Waals surface area contributed by atoms with E-state index >= 15 is 0 Å². The molecule has 0 aliphatic heterocycles. The Hall–Kier alpha value is -2.79. The van der Waals surface area contributed by atoms with E-state index in [9.17, 15) is 9.59 Å². The van der Waals surface area contributed by atoms with Crippen molar-refractivity contribution in [2.45, 2.75) is 13.8 Å². The van der Waals surface area contributed by atoms with Gasteiger partial charge in [-0.15, -0.1) is 0 Å². The number of aromatic nitrogens is 1. The summed E-state index contributed by atoms with van der Waals surface area (Å²) in [6.07, 6.45) is 1.56. The van der Waals surface area contributed by atoms with Gasteiger partial charge in [-0.1, -0.05) is 26.0 Å². The number of fused-ring (bicyclic) bond motifs is 2. The lowest BCUT2D eigenvalue weighted by molar-refractivity contribution is 0.111. The van der Waals surface area contributed by atoms with Crippen LogP contribution in [0.5, 0.6) is 5.75 Å². The maximum atomic E-state index is 11.6. The number of ether oxygens (including phenoxy) is 1. The van der Waals surface area contributed by atoms with Crippen LogP contribution in [0.2, 0.25) is 0 Å². The molecular formula is C21H22N2O3. The van der Waals surface area contributed by atoms with Gasteiger partial charge in [0, 0.05) is 28.4 Å². The van der Waals surface area contributed by atoms with E-state index in [4.69, 9.17) is 4.74 Å². The van der Waals surface area contributed by atoms with E-state index < -0.39 is 0 Å². The average Bonchev–Trinajstić information content (AvgIpc) is 2.68. The predicted octanol–water partition coefficient (Wildman–Crippen LogP) is 3.73. The number of pyridine rings is 1. The van der Waals surface area contributed by atoms with Gasteiger partial charge in [-0.2, -0.15) is 0 Å². The topological polar surface area (TPSA) is 59.5 Å². The van der Waals surface area contributed by atoms with Crippen molar-refractivity contribution < 1.29 is 14.3 Å². The van der Waals surface area contributed by atoms with Gasteiger partial charge in [-0.3, -0.25) is 9.59 Å². The van der Waals surface area contributed by atoms with Crippen LogP contribution in [-0.2, 0) is 0 Å². The molecule has 26 heavy (non-hydrogen) atoms. The number of aldehydes is 2. The summed E-state index contributed by atoms with van der Waals surface area (Å²) in [5.41, 5.74) is 2.16. The first kappa shape index (κ1) is 18.0. The van der Waals surface area contributed by atoms with Crippen molar-refractivity contribution >= 4 is 34.4 Å². The molecule has 2 aromatic carbocycles. The number of hydrogen-bond donors (Lipinski definition) is 0. The Labute approximate surface area is 152 Å². The first-order chi connectivity index (χ1) is 12.7. The number of nitrogens with zero attached hydrogens (tertiary/aromatic N) is 2. The van der Waals surface area contributed by atoms with E-state index in [1.807, 2.05) is 24.3 Å². The molecule has 0 unspecified atom stereocenters. The highest BCUT2D eigenvalue weighted by atomic mass is 16.5. The van der Waals surface area contributed by atoms with E-state index in [0.717, 1.165) is 43.0 Å². The molecule has 0 N–H and O–H groups in total. The summed E-state index contributed by atoms with van der Waals surface area (Å²) >= 11 is 0. The molecule has 3 rings (SSSR count). The summed E-state index contributed by atoms with van der Waals surface area (Å²) < 4.78 is 5.86. The fraction of sp³-hybridized carbons (Fsp3) is 0.286. The van der Waals surface area contributed by atoms with Crippen LogP contribution in [0.15, 0.2) is 36.4 Å². The van der Waals surface area contributed by atoms with E-state index in [1.165, 1.54) is 0 Å². The molecule has 0 aliphatic rings. The average molecular weight is 350 g/mol. The van der Waals surface area contributed by atoms with Gasteiger partial charge < -0.3 is 9.64 Å². The third-order valence-corrected chi connectivity index (χ3v) is 4.60. The molecule has 1 heterocycles. The number of hydrogen-bond acceptors (Lipinski definition) is 5. The van der Waals surface area contributed by atoms with E-state index in [-0.39, 0.29) is 0 Å². The molecule has 0 saturated carbocycles. The fourth-order valence-electron chi connectivity index (χ4n) is 3.10. The largest absolute Gasteiger partial charge is 0.492 e. The highest BCUT2D eigenvalue weighted by Gasteiger charge is 2.10. The Bertz CT molecular complexity index is 949. The van der Waals surface area contributed by atoms with Crippen molar-refractivity contribution in [1.82, 2.24) is 9.88 Å². The molecule has 0 atom stereocenters. The highest BCUT2D eigenvalue weighted by molar-refractivity contribution is 6.05. The lowest BCUT2D eigenvalue weighted by atomic mass is 10.0. The quantitative estimate of drug-likeness (QED) is 0.458. The lowest BCUT2D eigenvalue weighted by Crippen LogP contribution is -2.27. The molecule has 0 saturated heterocycles. The predicted molar refractivity (Wildman–Crippen MR) is 103 cm³/mol. The molecule has 1 aromatic heterocycles. The molecule has 0 amide bonds. The standard InChI is InChI=1S/C21H22N2O3/c1-3-23(4-2)8-9-26-19-11-17-10-15-6-5-7-16(13-24)20(15)22-21(17)18(12-19)14-25/h5-7,10-14H,3-4,8-9H2,1-2H3. The Morgan fingerprint density at radius 3 is 2.38 bits per heavy atom. The summed E-state index contributed by atoms with van der Waals surface area (Å²) in [6.45, 7) is 7.59. The van der Waals surface area contributed by atoms with Crippen molar-refractivity contribution in [3.8, 4) is 5.75 Å². The molecule has 0 radical (unpaired) electrons. The van der Waals surface area contributed by atoms with Crippen LogP contribution in [0, 0.1) is 0 Å². The molecule has 3 aromatic rings. The third kappa shape index (κ3) is 3.58. The zero-order valence-electron chi connectivity index (χ0n) is 15.1. The van der Waals surface area contributed by atoms with Crippen LogP contribution in [-0.4, -0.2) is 48.7 Å². The van der Waals surface area contributed by atoms with Crippen molar-refractivity contribution in [1.29, 1.82) is 0 Å². The monoisotopic (exact) mass is 350 g/mol. The van der Waals surface area contributed by atoms with Crippen molar-refractivity contribution in [2.24, 2.45) is 0 Å². The van der Waals surface area contributed by atoms with Gasteiger partial charge in [0.25, 0.3) is 0 Å². The minimum Gasteiger partial charge on any atom is -0.492 e. The number of carbonyl (C=O) groups is 2. The van der Waals surface area contributed by atoms with Crippen molar-refractivity contribution in [3.63, 3.8) is 0 Å². The second-order valence-electron chi connectivity index (χ2n) is 6.10. The summed E-state index contributed by atoms with van der Waals surface area (Å²) in [6, 6.07) is 11.0. The Balaban J connectivity index is 1.99. The van der Waals surface area contributed by atoms with Gasteiger partial charge in [0.2, 0.25) is 0 Å². The van der Waals surface area contributed by atoms with Crippen molar-refractivity contribution in [3.05, 3.63) is 47.5 Å². The highest BCUT2D eigenvalue weighted by Crippen LogP contribution is 2.27. The van der Waals surface area contributed by atoms with Crippen LogP contribution in [0.3, 0.4) is 0 Å². The molecule has 134 valence electrons. The molecular weight excluding hydrogens is 328 g/mol. The maximum absolute atomic E-state index is 11.6. The normalized spacial score (nSPS) is 11.2. The summed E-state index contributed by atoms with van der Waals surface area (Å²) in [5.74, 6) is 0.652. The fourth-order valence-corrected chi connectivity index (χ4v) is 3.10. The van der Waals surface area contributed by atoms with Gasteiger partial charge in [-0.05, 0) is 37.4 Å². The summed E-state index contributed by atoms with van der Waals surface area (Å²) in [4.78, 5) is 29.7. The van der Waals surface area contributed by atoms with Crippen LogP contribution in [0.1, 0.15) is 34.6 Å². The Morgan fingerprint density at radius 1 is 0.962 bits per heavy atom. The molecule has 0 bridgehead atoms. The summed E-state index contributed by atoms with van der Waals surface area (Å²) in [5, 5.41) is 1.68. The smallest absolute Gasteiger partial charge is 0.152 e. The minimum atomic E-state index is 0.461. The molecule has 0 fully saturated rings. The minimum absolute atomic E-state index is 0.461. The molecule has 5 heteroatoms. The van der Waals surface area contributed by atoms with Gasteiger partial charge in [0.1, 0.15) is 12.4 Å². The van der Waals surface area contributed by atoms with E-state index in [1.54, 1.807) is 12.1 Å². The number of likely N-dealkylation sites (N-methyl/N-ethyl adjacent to an activating group) is 1. The Morgan fingerprint density at radius 2 is 1.69 bits per heavy atom. The Kier molecular flexibility index (Phi) is 5.58. The zero-order valence-corrected chi connectivity index (χ0v) is 15.1. The molecule has 0 spiro atoms. The van der Waals surface area contributed by atoms with Gasteiger partial charge in [0.05, 0.1) is 11.0 Å². The van der Waals surface area contributed by atoms with Gasteiger partial charge in [-0.25, -0.2) is 4.98 Å². The second kappa shape index (κ2) is 8.06. The lowest BCUT2D eigenvalue weighted by Gasteiger charge is -2.18. The van der Waals surface area contributed by atoms with Crippen LogP contribution in [0.25, 0.3) is 21.8 Å². The zero-order chi connectivity index (χ0) is 18.5. The molecule has 0 aliphatic carbocycles. The number of rotatable bonds is 8. The second-order valence-corrected chi connectivity index (χ2v) is 6.10. The SMILES string of the molecule is CCN(CC)CCOc1cc(C=O)c2nc3c(C=O)cccc3cc2c1. The first-order valence-corrected chi connectivity index (χ1v) is 8.83. The number of para-hydroxylation sites is 1. The van der Waals surface area contributed by atoms with Gasteiger partial charge >= 0.3 is 0 Å². The summed E-state index contributed by atoms with van der Waals surface area (Å²) in [7, 11) is 0. The van der Waals surface area contributed by atoms with E-state index in [2.05, 4.69) is 23.7 Å². The number of benzene rings is 2. The maximum Gasteiger partial charge on any atom is 0.152 e. The van der Waals surface area contributed by atoms with Crippen LogP contribution < -0.4 is 4.74 Å². The first-order valence-electron chi connectivity index (χ1n) is 8.83. The third-order valence-electron chi connectivity index (χ3n) is 4.60. The molecule has 5 nitrogen and oxygen atoms in total. The van der Waals surface area contributed by atoms with Crippen LogP contribution in [0.4, 0.5) is 0 Å². The van der Waals surface area contributed by atoms with Gasteiger partial charge in [0.15, 0.2) is 12.6 Å². The van der Waals surface area contributed by atoms with Crippen LogP contribution >= 0.6 is 0 Å².